The van der Waals surface area contributed by atoms with Gasteiger partial charge in [0, 0.05) is 22.3 Å². The Balaban J connectivity index is 1.69. The van der Waals surface area contributed by atoms with E-state index < -0.39 is 0 Å². The summed E-state index contributed by atoms with van der Waals surface area (Å²) in [7, 11) is 3.92. The van der Waals surface area contributed by atoms with Gasteiger partial charge in [0.1, 0.15) is 5.75 Å². The molecule has 1 N–H and O–H groups in total. The standard InChI is InChI=1S/C24H32ClN3O/c1-4-5-14-28(2)15-8-6-7-13-26-24-20-11-9-18(25)16-23(20)27-22-12-10-19(29-3)17-21(22)24/h9-12,16-17H,4-8,13-15H2,1-3H3,(H,26,27). The maximum absolute atomic E-state index is 6.20. The van der Waals surface area contributed by atoms with Crippen LogP contribution in [0.5, 0.6) is 5.75 Å². The molecule has 0 bridgehead atoms. The van der Waals surface area contributed by atoms with E-state index in [0.717, 1.165) is 46.2 Å². The zero-order chi connectivity index (χ0) is 20.6. The van der Waals surface area contributed by atoms with Crippen LogP contribution >= 0.6 is 11.6 Å². The molecule has 5 heteroatoms. The van der Waals surface area contributed by atoms with Crippen LogP contribution in [0, 0.1) is 0 Å². The van der Waals surface area contributed by atoms with E-state index in [2.05, 4.69) is 36.3 Å². The lowest BCUT2D eigenvalue weighted by Crippen LogP contribution is -2.20. The maximum Gasteiger partial charge on any atom is 0.119 e. The Morgan fingerprint density at radius 1 is 0.966 bits per heavy atom. The molecule has 0 fully saturated rings. The van der Waals surface area contributed by atoms with Crippen molar-refractivity contribution in [2.75, 3.05) is 39.1 Å². The molecular weight excluding hydrogens is 382 g/mol. The van der Waals surface area contributed by atoms with Gasteiger partial charge in [0.2, 0.25) is 0 Å². The van der Waals surface area contributed by atoms with Crippen molar-refractivity contribution in [1.29, 1.82) is 0 Å². The molecule has 4 nitrogen and oxygen atoms in total. The molecule has 1 heterocycles. The molecule has 0 saturated carbocycles. The van der Waals surface area contributed by atoms with Gasteiger partial charge in [-0.2, -0.15) is 0 Å². The average molecular weight is 414 g/mol. The number of nitrogens with one attached hydrogen (secondary N) is 1. The predicted molar refractivity (Wildman–Crippen MR) is 126 cm³/mol. The minimum atomic E-state index is 0.705. The van der Waals surface area contributed by atoms with Crippen LogP contribution in [0.15, 0.2) is 36.4 Å². The molecule has 0 spiro atoms. The second kappa shape index (κ2) is 10.7. The average Bonchev–Trinajstić information content (AvgIpc) is 2.73. The quantitative estimate of drug-likeness (QED) is 0.293. The van der Waals surface area contributed by atoms with E-state index in [1.807, 2.05) is 24.3 Å². The van der Waals surface area contributed by atoms with Gasteiger partial charge in [0.05, 0.1) is 23.8 Å². The van der Waals surface area contributed by atoms with Crippen LogP contribution in [0.1, 0.15) is 39.0 Å². The summed E-state index contributed by atoms with van der Waals surface area (Å²) in [5, 5.41) is 6.55. The molecule has 0 radical (unpaired) electrons. The summed E-state index contributed by atoms with van der Waals surface area (Å²) in [5.74, 6) is 0.839. The highest BCUT2D eigenvalue weighted by Gasteiger charge is 2.10. The number of nitrogens with zero attached hydrogens (tertiary/aromatic N) is 2. The van der Waals surface area contributed by atoms with E-state index in [4.69, 9.17) is 21.3 Å². The number of hydrogen-bond donors (Lipinski definition) is 1. The number of aromatic nitrogens is 1. The van der Waals surface area contributed by atoms with E-state index in [1.54, 1.807) is 7.11 Å². The minimum absolute atomic E-state index is 0.705. The van der Waals surface area contributed by atoms with E-state index in [9.17, 15) is 0 Å². The van der Waals surface area contributed by atoms with Gasteiger partial charge in [-0.3, -0.25) is 0 Å². The third kappa shape index (κ3) is 5.74. The smallest absolute Gasteiger partial charge is 0.119 e. The molecule has 156 valence electrons. The van der Waals surface area contributed by atoms with E-state index in [0.29, 0.717) is 5.02 Å². The second-order valence-corrected chi connectivity index (χ2v) is 8.11. The second-order valence-electron chi connectivity index (χ2n) is 7.68. The number of methoxy groups -OCH3 is 1. The molecule has 0 unspecified atom stereocenters. The highest BCUT2D eigenvalue weighted by molar-refractivity contribution is 6.31. The minimum Gasteiger partial charge on any atom is -0.497 e. The van der Waals surface area contributed by atoms with Crippen molar-refractivity contribution in [1.82, 2.24) is 9.88 Å². The van der Waals surface area contributed by atoms with Crippen molar-refractivity contribution in [2.24, 2.45) is 0 Å². The molecule has 0 amide bonds. The first-order valence-corrected chi connectivity index (χ1v) is 11.0. The molecule has 0 aliphatic heterocycles. The van der Waals surface area contributed by atoms with Crippen LogP contribution in [0.4, 0.5) is 5.69 Å². The monoisotopic (exact) mass is 413 g/mol. The number of benzene rings is 2. The predicted octanol–water partition coefficient (Wildman–Crippen LogP) is 6.36. The summed E-state index contributed by atoms with van der Waals surface area (Å²) < 4.78 is 5.44. The number of pyridine rings is 1. The zero-order valence-electron chi connectivity index (χ0n) is 17.8. The first-order valence-electron chi connectivity index (χ1n) is 10.6. The number of unbranched alkanes of at least 4 members (excludes halogenated alkanes) is 3. The Morgan fingerprint density at radius 3 is 2.59 bits per heavy atom. The van der Waals surface area contributed by atoms with Gasteiger partial charge >= 0.3 is 0 Å². The SMILES string of the molecule is CCCCN(C)CCCCCNc1c2ccc(Cl)cc2nc2ccc(OC)cc12. The summed E-state index contributed by atoms with van der Waals surface area (Å²) in [6, 6.07) is 11.9. The van der Waals surface area contributed by atoms with Crippen molar-refractivity contribution in [3.05, 3.63) is 41.4 Å². The van der Waals surface area contributed by atoms with Gasteiger partial charge < -0.3 is 15.0 Å². The summed E-state index contributed by atoms with van der Waals surface area (Å²) in [4.78, 5) is 7.23. The molecule has 3 aromatic rings. The third-order valence-corrected chi connectivity index (χ3v) is 5.59. The lowest BCUT2D eigenvalue weighted by atomic mass is 10.1. The van der Waals surface area contributed by atoms with Gasteiger partial charge in [0.25, 0.3) is 0 Å². The van der Waals surface area contributed by atoms with Crippen molar-refractivity contribution in [2.45, 2.75) is 39.0 Å². The van der Waals surface area contributed by atoms with Gasteiger partial charge in [-0.05, 0) is 75.8 Å². The molecule has 1 aromatic heterocycles. The summed E-state index contributed by atoms with van der Waals surface area (Å²) >= 11 is 6.20. The summed E-state index contributed by atoms with van der Waals surface area (Å²) in [6.45, 7) is 5.56. The molecule has 0 aliphatic rings. The number of anilines is 1. The first kappa shape index (κ1) is 21.7. The Hall–Kier alpha value is -2.04. The lowest BCUT2D eigenvalue weighted by molar-refractivity contribution is 0.319. The Morgan fingerprint density at radius 2 is 1.79 bits per heavy atom. The van der Waals surface area contributed by atoms with Crippen molar-refractivity contribution < 1.29 is 4.74 Å². The topological polar surface area (TPSA) is 37.4 Å². The lowest BCUT2D eigenvalue weighted by Gasteiger charge is -2.16. The number of rotatable bonds is 11. The first-order chi connectivity index (χ1) is 14.1. The normalized spacial score (nSPS) is 11.5. The van der Waals surface area contributed by atoms with Crippen molar-refractivity contribution >= 4 is 39.1 Å². The van der Waals surface area contributed by atoms with E-state index in [-0.39, 0.29) is 0 Å². The third-order valence-electron chi connectivity index (χ3n) is 5.35. The molecule has 3 rings (SSSR count). The maximum atomic E-state index is 6.20. The largest absolute Gasteiger partial charge is 0.497 e. The number of halogens is 1. The molecule has 0 saturated heterocycles. The molecule has 0 atom stereocenters. The van der Waals surface area contributed by atoms with Crippen LogP contribution in [-0.4, -0.2) is 43.7 Å². The highest BCUT2D eigenvalue weighted by atomic mass is 35.5. The van der Waals surface area contributed by atoms with Crippen LogP contribution in [0.25, 0.3) is 21.8 Å². The molecule has 0 aliphatic carbocycles. The summed E-state index contributed by atoms with van der Waals surface area (Å²) in [6.07, 6.45) is 6.15. The fraction of sp³-hybridized carbons (Fsp3) is 0.458. The number of fused-ring (bicyclic) bond motifs is 2. The van der Waals surface area contributed by atoms with Crippen LogP contribution in [-0.2, 0) is 0 Å². The van der Waals surface area contributed by atoms with Crippen molar-refractivity contribution in [3.8, 4) is 5.75 Å². The summed E-state index contributed by atoms with van der Waals surface area (Å²) in [5.41, 5.74) is 2.97. The van der Waals surface area contributed by atoms with Crippen LogP contribution in [0.2, 0.25) is 5.02 Å². The van der Waals surface area contributed by atoms with Gasteiger partial charge in [-0.15, -0.1) is 0 Å². The Bertz CT molecular complexity index is 944. The highest BCUT2D eigenvalue weighted by Crippen LogP contribution is 2.34. The molecule has 29 heavy (non-hydrogen) atoms. The molecule has 2 aromatic carbocycles. The van der Waals surface area contributed by atoms with E-state index >= 15 is 0 Å². The van der Waals surface area contributed by atoms with Crippen LogP contribution in [0.3, 0.4) is 0 Å². The fourth-order valence-electron chi connectivity index (χ4n) is 3.65. The van der Waals surface area contributed by atoms with Crippen LogP contribution < -0.4 is 10.1 Å². The van der Waals surface area contributed by atoms with Gasteiger partial charge in [-0.1, -0.05) is 31.4 Å². The fourth-order valence-corrected chi connectivity index (χ4v) is 3.82. The number of hydrogen-bond acceptors (Lipinski definition) is 4. The van der Waals surface area contributed by atoms with Gasteiger partial charge in [-0.25, -0.2) is 4.98 Å². The Kier molecular flexibility index (Phi) is 7.96. The van der Waals surface area contributed by atoms with Crippen molar-refractivity contribution in [3.63, 3.8) is 0 Å². The number of ether oxygens (including phenoxy) is 1. The molecular formula is C24H32ClN3O. The Labute approximate surface area is 179 Å². The van der Waals surface area contributed by atoms with Gasteiger partial charge in [0.15, 0.2) is 0 Å². The zero-order valence-corrected chi connectivity index (χ0v) is 18.6. The van der Waals surface area contributed by atoms with E-state index in [1.165, 1.54) is 38.8 Å².